The average molecular weight is 381 g/mol. The van der Waals surface area contributed by atoms with Gasteiger partial charge in [0.05, 0.1) is 25.0 Å². The summed E-state index contributed by atoms with van der Waals surface area (Å²) >= 11 is 0. The number of nitrogens with zero attached hydrogens (tertiary/aromatic N) is 6. The first kappa shape index (κ1) is 18.5. The van der Waals surface area contributed by atoms with Crippen molar-refractivity contribution in [3.05, 3.63) is 17.2 Å². The number of nitrogens with one attached hydrogen (secondary N) is 1. The predicted octanol–water partition coefficient (Wildman–Crippen LogP) is 0.309. The molecule has 1 aliphatic rings. The summed E-state index contributed by atoms with van der Waals surface area (Å²) in [6, 6.07) is 0.171. The van der Waals surface area contributed by atoms with Crippen molar-refractivity contribution in [1.29, 1.82) is 0 Å². The molecule has 0 aromatic carbocycles. The summed E-state index contributed by atoms with van der Waals surface area (Å²) in [5.41, 5.74) is 1.02. The molecular weight excluding hydrogens is 358 g/mol. The molecule has 1 aliphatic heterocycles. The maximum atomic E-state index is 12.7. The predicted molar refractivity (Wildman–Crippen MR) is 94.5 cm³/mol. The van der Waals surface area contributed by atoms with Gasteiger partial charge < -0.3 is 9.64 Å². The Morgan fingerprint density at radius 2 is 1.85 bits per heavy atom. The van der Waals surface area contributed by atoms with Gasteiger partial charge in [0.2, 0.25) is 16.0 Å². The molecule has 26 heavy (non-hydrogen) atoms. The minimum Gasteiger partial charge on any atom is -0.467 e. The van der Waals surface area contributed by atoms with E-state index in [9.17, 15) is 8.42 Å². The molecule has 3 rings (SSSR count). The molecule has 0 unspecified atom stereocenters. The highest BCUT2D eigenvalue weighted by Crippen LogP contribution is 2.20. The lowest BCUT2D eigenvalue weighted by molar-refractivity contribution is 0.375. The van der Waals surface area contributed by atoms with Crippen LogP contribution in [0.5, 0.6) is 6.01 Å². The van der Waals surface area contributed by atoms with Crippen molar-refractivity contribution in [2.45, 2.75) is 38.1 Å². The molecule has 0 amide bonds. The number of aryl methyl sites for hydroxylation is 2. The molecule has 0 aliphatic carbocycles. The molecule has 2 aromatic rings. The summed E-state index contributed by atoms with van der Waals surface area (Å²) in [4.78, 5) is 15.0. The SMILES string of the molecule is COc1nc(CNS(=O)(=O)c2c(C)nn(C)c2C)nc(N2CCCC2)n1. The first-order valence-corrected chi connectivity index (χ1v) is 9.84. The molecule has 142 valence electrons. The van der Waals surface area contributed by atoms with Crippen LogP contribution >= 0.6 is 0 Å². The van der Waals surface area contributed by atoms with Crippen molar-refractivity contribution < 1.29 is 13.2 Å². The molecule has 2 aromatic heterocycles. The maximum absolute atomic E-state index is 12.7. The zero-order chi connectivity index (χ0) is 18.9. The normalized spacial score (nSPS) is 14.8. The van der Waals surface area contributed by atoms with Gasteiger partial charge in [-0.2, -0.15) is 20.1 Å². The van der Waals surface area contributed by atoms with Crippen LogP contribution < -0.4 is 14.4 Å². The largest absolute Gasteiger partial charge is 0.467 e. The van der Waals surface area contributed by atoms with Crippen LogP contribution in [0.25, 0.3) is 0 Å². The molecule has 0 bridgehead atoms. The van der Waals surface area contributed by atoms with Gasteiger partial charge >= 0.3 is 6.01 Å². The highest BCUT2D eigenvalue weighted by atomic mass is 32.2. The molecule has 10 nitrogen and oxygen atoms in total. The Labute approximate surface area is 152 Å². The minimum absolute atomic E-state index is 0.0597. The van der Waals surface area contributed by atoms with Crippen molar-refractivity contribution in [1.82, 2.24) is 29.5 Å². The van der Waals surface area contributed by atoms with Gasteiger partial charge in [-0.15, -0.1) is 0 Å². The van der Waals surface area contributed by atoms with E-state index in [2.05, 4.69) is 24.8 Å². The topological polar surface area (TPSA) is 115 Å². The summed E-state index contributed by atoms with van der Waals surface area (Å²) in [5, 5.41) is 4.16. The van der Waals surface area contributed by atoms with E-state index in [-0.39, 0.29) is 17.5 Å². The van der Waals surface area contributed by atoms with Crippen molar-refractivity contribution in [3.8, 4) is 6.01 Å². The van der Waals surface area contributed by atoms with Gasteiger partial charge in [0.25, 0.3) is 0 Å². The number of hydrogen-bond donors (Lipinski definition) is 1. The minimum atomic E-state index is -3.74. The van der Waals surface area contributed by atoms with Gasteiger partial charge in [0.15, 0.2) is 5.82 Å². The van der Waals surface area contributed by atoms with Gasteiger partial charge in [0, 0.05) is 20.1 Å². The molecule has 1 fully saturated rings. The molecule has 11 heteroatoms. The molecule has 0 saturated carbocycles. The third kappa shape index (κ3) is 3.63. The summed E-state index contributed by atoms with van der Waals surface area (Å²) in [5.74, 6) is 0.818. The zero-order valence-corrected chi connectivity index (χ0v) is 16.2. The van der Waals surface area contributed by atoms with E-state index in [0.717, 1.165) is 25.9 Å². The highest BCUT2D eigenvalue weighted by molar-refractivity contribution is 7.89. The first-order valence-electron chi connectivity index (χ1n) is 8.35. The van der Waals surface area contributed by atoms with Gasteiger partial charge in [-0.3, -0.25) is 4.68 Å². The maximum Gasteiger partial charge on any atom is 0.321 e. The standard InChI is InChI=1S/C15H23N7O3S/c1-10-13(11(2)21(3)20-10)26(23,24)16-9-12-17-14(19-15(18-12)25-4)22-7-5-6-8-22/h16H,5-9H2,1-4H3. The Morgan fingerprint density at radius 1 is 1.15 bits per heavy atom. The number of hydrogen-bond acceptors (Lipinski definition) is 8. The lowest BCUT2D eigenvalue weighted by atomic mass is 10.4. The van der Waals surface area contributed by atoms with Gasteiger partial charge in [-0.05, 0) is 26.7 Å². The highest BCUT2D eigenvalue weighted by Gasteiger charge is 2.24. The van der Waals surface area contributed by atoms with Crippen molar-refractivity contribution in [2.24, 2.45) is 7.05 Å². The Hall–Kier alpha value is -2.27. The summed E-state index contributed by atoms with van der Waals surface area (Å²) in [7, 11) is -0.558. The Balaban J connectivity index is 1.83. The second-order valence-corrected chi connectivity index (χ2v) is 7.88. The fourth-order valence-electron chi connectivity index (χ4n) is 2.99. The third-order valence-corrected chi connectivity index (χ3v) is 6.01. The van der Waals surface area contributed by atoms with Crippen molar-refractivity contribution >= 4 is 16.0 Å². The lowest BCUT2D eigenvalue weighted by Gasteiger charge is -2.16. The third-order valence-electron chi connectivity index (χ3n) is 4.35. The van der Waals surface area contributed by atoms with Crippen LogP contribution in [-0.4, -0.2) is 53.3 Å². The van der Waals surface area contributed by atoms with E-state index < -0.39 is 10.0 Å². The quantitative estimate of drug-likeness (QED) is 0.760. The van der Waals surface area contributed by atoms with E-state index >= 15 is 0 Å². The van der Waals surface area contributed by atoms with E-state index in [1.165, 1.54) is 7.11 Å². The fourth-order valence-corrected chi connectivity index (χ4v) is 4.40. The summed E-state index contributed by atoms with van der Waals surface area (Å²) in [6.07, 6.45) is 2.16. The molecular formula is C15H23N7O3S. The van der Waals surface area contributed by atoms with Crippen LogP contribution in [-0.2, 0) is 23.6 Å². The van der Waals surface area contributed by atoms with E-state index in [1.54, 1.807) is 25.6 Å². The van der Waals surface area contributed by atoms with Gasteiger partial charge in [-0.25, -0.2) is 13.1 Å². The smallest absolute Gasteiger partial charge is 0.321 e. The first-order chi connectivity index (χ1) is 12.3. The number of methoxy groups -OCH3 is 1. The number of aromatic nitrogens is 5. The van der Waals surface area contributed by atoms with Gasteiger partial charge in [0.1, 0.15) is 4.90 Å². The van der Waals surface area contributed by atoms with Crippen LogP contribution in [0.1, 0.15) is 30.1 Å². The molecule has 0 atom stereocenters. The van der Waals surface area contributed by atoms with Crippen LogP contribution in [0.15, 0.2) is 4.90 Å². The Morgan fingerprint density at radius 3 is 2.42 bits per heavy atom. The fraction of sp³-hybridized carbons (Fsp3) is 0.600. The molecule has 1 N–H and O–H groups in total. The van der Waals surface area contributed by atoms with Crippen LogP contribution in [0, 0.1) is 13.8 Å². The Kier molecular flexibility index (Phi) is 5.10. The average Bonchev–Trinajstić information content (AvgIpc) is 3.22. The monoisotopic (exact) mass is 381 g/mol. The molecule has 1 saturated heterocycles. The number of rotatable bonds is 6. The van der Waals surface area contributed by atoms with Crippen molar-refractivity contribution in [2.75, 3.05) is 25.1 Å². The number of ether oxygens (including phenoxy) is 1. The van der Waals surface area contributed by atoms with E-state index in [1.807, 2.05) is 4.90 Å². The summed E-state index contributed by atoms with van der Waals surface area (Å²) < 4.78 is 34.6. The van der Waals surface area contributed by atoms with Crippen LogP contribution in [0.3, 0.4) is 0 Å². The van der Waals surface area contributed by atoms with E-state index in [0.29, 0.717) is 23.2 Å². The molecule has 3 heterocycles. The second-order valence-electron chi connectivity index (χ2n) is 6.18. The molecule has 0 radical (unpaired) electrons. The van der Waals surface area contributed by atoms with Crippen molar-refractivity contribution in [3.63, 3.8) is 0 Å². The zero-order valence-electron chi connectivity index (χ0n) is 15.4. The van der Waals surface area contributed by atoms with Gasteiger partial charge in [-0.1, -0.05) is 0 Å². The number of sulfonamides is 1. The Bertz CT molecular complexity index is 904. The van der Waals surface area contributed by atoms with Crippen LogP contribution in [0.4, 0.5) is 5.95 Å². The second kappa shape index (κ2) is 7.16. The molecule has 0 spiro atoms. The van der Waals surface area contributed by atoms with Crippen LogP contribution in [0.2, 0.25) is 0 Å². The summed E-state index contributed by atoms with van der Waals surface area (Å²) in [6.45, 7) is 5.06. The number of anilines is 1. The lowest BCUT2D eigenvalue weighted by Crippen LogP contribution is -2.27. The van der Waals surface area contributed by atoms with E-state index in [4.69, 9.17) is 4.74 Å².